The molecule has 90 valence electrons. The maximum Gasteiger partial charge on any atom is 0.302 e. The lowest BCUT2D eigenvalue weighted by Crippen LogP contribution is -2.21. The van der Waals surface area contributed by atoms with Crippen LogP contribution in [0.2, 0.25) is 0 Å². The van der Waals surface area contributed by atoms with Gasteiger partial charge in [-0.1, -0.05) is 29.8 Å². The number of nitrogens with zero attached hydrogens (tertiary/aromatic N) is 1. The highest BCUT2D eigenvalue weighted by Gasteiger charge is 2.13. The van der Waals surface area contributed by atoms with Crippen molar-refractivity contribution in [1.29, 1.82) is 0 Å². The summed E-state index contributed by atoms with van der Waals surface area (Å²) in [5, 5.41) is 5.17. The lowest BCUT2D eigenvalue weighted by Gasteiger charge is -2.06. The normalized spacial score (nSPS) is 11.7. The Bertz CT molecular complexity index is 640. The van der Waals surface area contributed by atoms with Crippen LogP contribution in [-0.4, -0.2) is 12.4 Å². The number of hydrogen-bond donors (Lipinski definition) is 1. The molecule has 0 aliphatic rings. The van der Waals surface area contributed by atoms with Gasteiger partial charge in [0.2, 0.25) is 0 Å². The van der Waals surface area contributed by atoms with Crippen molar-refractivity contribution in [3.8, 4) is 11.3 Å². The van der Waals surface area contributed by atoms with E-state index >= 15 is 0 Å². The molecule has 0 atom stereocenters. The van der Waals surface area contributed by atoms with Gasteiger partial charge >= 0.3 is 10.2 Å². The molecular weight excluding hydrogens is 236 g/mol. The third-order valence-corrected chi connectivity index (χ3v) is 3.39. The van der Waals surface area contributed by atoms with Gasteiger partial charge in [0, 0.05) is 6.20 Å². The summed E-state index contributed by atoms with van der Waals surface area (Å²) in [4.78, 5) is 0. The van der Waals surface area contributed by atoms with E-state index in [-0.39, 0.29) is 0 Å². The Morgan fingerprint density at radius 1 is 1.06 bits per heavy atom. The molecule has 0 fully saturated rings. The summed E-state index contributed by atoms with van der Waals surface area (Å²) in [6.45, 7) is 3.81. The van der Waals surface area contributed by atoms with Crippen LogP contribution in [0.3, 0.4) is 0 Å². The average molecular weight is 250 g/mol. The van der Waals surface area contributed by atoms with Gasteiger partial charge in [0.15, 0.2) is 0 Å². The van der Waals surface area contributed by atoms with E-state index in [1.54, 1.807) is 6.07 Å². The highest BCUT2D eigenvalue weighted by Crippen LogP contribution is 2.23. The summed E-state index contributed by atoms with van der Waals surface area (Å²) >= 11 is 0. The summed E-state index contributed by atoms with van der Waals surface area (Å²) in [7, 11) is -3.75. The first-order chi connectivity index (χ1) is 7.88. The predicted molar refractivity (Wildman–Crippen MR) is 67.8 cm³/mol. The first kappa shape index (κ1) is 11.9. The maximum absolute atomic E-state index is 11.4. The minimum Gasteiger partial charge on any atom is -0.233 e. The van der Waals surface area contributed by atoms with Gasteiger partial charge < -0.3 is 0 Å². The molecule has 1 aromatic heterocycles. The zero-order valence-corrected chi connectivity index (χ0v) is 10.5. The zero-order chi connectivity index (χ0) is 12.6. The number of rotatable bonds is 2. The summed E-state index contributed by atoms with van der Waals surface area (Å²) < 4.78 is 24.0. The number of aromatic nitrogens is 1. The van der Waals surface area contributed by atoms with Crippen LogP contribution in [-0.2, 0) is 10.2 Å². The molecule has 4 nitrogen and oxygen atoms in total. The van der Waals surface area contributed by atoms with Crippen molar-refractivity contribution in [3.63, 3.8) is 0 Å². The van der Waals surface area contributed by atoms with Gasteiger partial charge in [-0.25, -0.2) is 9.11 Å². The van der Waals surface area contributed by atoms with E-state index in [1.165, 1.54) is 6.20 Å². The fourth-order valence-corrected chi connectivity index (χ4v) is 2.46. The molecule has 17 heavy (non-hydrogen) atoms. The first-order valence-electron chi connectivity index (χ1n) is 5.17. The van der Waals surface area contributed by atoms with Crippen LogP contribution >= 0.6 is 0 Å². The Morgan fingerprint density at radius 3 is 2.18 bits per heavy atom. The SMILES string of the molecule is Cc1ccc(-c2cc(C)cn2S(N)(=O)=O)cc1. The van der Waals surface area contributed by atoms with Crippen molar-refractivity contribution in [2.45, 2.75) is 13.8 Å². The first-order valence-corrected chi connectivity index (χ1v) is 6.67. The Kier molecular flexibility index (Phi) is 2.81. The molecule has 2 N–H and O–H groups in total. The molecule has 0 unspecified atom stereocenters. The molecule has 0 saturated carbocycles. The lowest BCUT2D eigenvalue weighted by atomic mass is 10.1. The third-order valence-electron chi connectivity index (χ3n) is 2.54. The minimum atomic E-state index is -3.75. The molecular formula is C12H14N2O2S. The topological polar surface area (TPSA) is 65.1 Å². The molecule has 0 spiro atoms. The standard InChI is InChI=1S/C12H14N2O2S/c1-9-3-5-11(6-4-9)12-7-10(2)8-14(12)17(13,15)16/h3-8H,1-2H3,(H2,13,15,16). The molecule has 0 radical (unpaired) electrons. The van der Waals surface area contributed by atoms with Crippen molar-refractivity contribution in [1.82, 2.24) is 3.97 Å². The molecule has 2 aromatic rings. The highest BCUT2D eigenvalue weighted by molar-refractivity contribution is 7.87. The fraction of sp³-hybridized carbons (Fsp3) is 0.167. The van der Waals surface area contributed by atoms with Crippen LogP contribution in [0.1, 0.15) is 11.1 Å². The van der Waals surface area contributed by atoms with Gasteiger partial charge in [-0.15, -0.1) is 0 Å². The molecule has 0 bridgehead atoms. The van der Waals surface area contributed by atoms with E-state index in [4.69, 9.17) is 5.14 Å². The smallest absolute Gasteiger partial charge is 0.233 e. The van der Waals surface area contributed by atoms with Crippen molar-refractivity contribution < 1.29 is 8.42 Å². The third kappa shape index (κ3) is 2.40. The van der Waals surface area contributed by atoms with E-state index in [1.807, 2.05) is 38.1 Å². The number of nitrogens with two attached hydrogens (primary N) is 1. The predicted octanol–water partition coefficient (Wildman–Crippen LogP) is 1.82. The van der Waals surface area contributed by atoms with Crippen LogP contribution in [0.25, 0.3) is 11.3 Å². The van der Waals surface area contributed by atoms with E-state index in [9.17, 15) is 8.42 Å². The van der Waals surface area contributed by atoms with Crippen molar-refractivity contribution in [2.24, 2.45) is 5.14 Å². The molecule has 2 rings (SSSR count). The Hall–Kier alpha value is -1.59. The fourth-order valence-electron chi connectivity index (χ4n) is 1.72. The second-order valence-corrected chi connectivity index (χ2v) is 5.53. The second kappa shape index (κ2) is 4.01. The Labute approximate surface area is 101 Å². The Morgan fingerprint density at radius 2 is 1.65 bits per heavy atom. The molecule has 0 aliphatic carbocycles. The van der Waals surface area contributed by atoms with Crippen LogP contribution in [0.5, 0.6) is 0 Å². The van der Waals surface area contributed by atoms with Crippen LogP contribution in [0.4, 0.5) is 0 Å². The molecule has 0 amide bonds. The van der Waals surface area contributed by atoms with Gasteiger partial charge in [-0.05, 0) is 31.0 Å². The molecule has 0 saturated heterocycles. The number of hydrogen-bond acceptors (Lipinski definition) is 2. The molecule has 0 aliphatic heterocycles. The van der Waals surface area contributed by atoms with E-state index in [2.05, 4.69) is 0 Å². The van der Waals surface area contributed by atoms with E-state index in [0.717, 1.165) is 20.7 Å². The summed E-state index contributed by atoms with van der Waals surface area (Å²) in [6, 6.07) is 9.43. The monoisotopic (exact) mass is 250 g/mol. The maximum atomic E-state index is 11.4. The van der Waals surface area contributed by atoms with E-state index in [0.29, 0.717) is 5.69 Å². The minimum absolute atomic E-state index is 0.588. The second-order valence-electron chi connectivity index (χ2n) is 4.11. The van der Waals surface area contributed by atoms with Crippen LogP contribution in [0, 0.1) is 13.8 Å². The van der Waals surface area contributed by atoms with Crippen LogP contribution < -0.4 is 5.14 Å². The zero-order valence-electron chi connectivity index (χ0n) is 9.71. The summed E-state index contributed by atoms with van der Waals surface area (Å²) in [6.07, 6.45) is 1.52. The largest absolute Gasteiger partial charge is 0.302 e. The molecule has 1 aromatic carbocycles. The summed E-state index contributed by atoms with van der Waals surface area (Å²) in [5.74, 6) is 0. The Balaban J connectivity index is 2.64. The van der Waals surface area contributed by atoms with Gasteiger partial charge in [-0.3, -0.25) is 0 Å². The summed E-state index contributed by atoms with van der Waals surface area (Å²) in [5.41, 5.74) is 3.40. The van der Waals surface area contributed by atoms with Gasteiger partial charge in [0.05, 0.1) is 5.69 Å². The van der Waals surface area contributed by atoms with Gasteiger partial charge in [-0.2, -0.15) is 8.42 Å². The number of aryl methyl sites for hydroxylation is 2. The molecule has 1 heterocycles. The average Bonchev–Trinajstić information content (AvgIpc) is 2.61. The quantitative estimate of drug-likeness (QED) is 0.883. The molecule has 5 heteroatoms. The van der Waals surface area contributed by atoms with Crippen molar-refractivity contribution >= 4 is 10.2 Å². The van der Waals surface area contributed by atoms with Gasteiger partial charge in [0.1, 0.15) is 0 Å². The highest BCUT2D eigenvalue weighted by atomic mass is 32.2. The van der Waals surface area contributed by atoms with Crippen molar-refractivity contribution in [3.05, 3.63) is 47.7 Å². The van der Waals surface area contributed by atoms with E-state index < -0.39 is 10.2 Å². The lowest BCUT2D eigenvalue weighted by molar-refractivity contribution is 0.590. The van der Waals surface area contributed by atoms with Crippen LogP contribution in [0.15, 0.2) is 36.5 Å². The van der Waals surface area contributed by atoms with Crippen molar-refractivity contribution in [2.75, 3.05) is 0 Å². The number of benzene rings is 1. The van der Waals surface area contributed by atoms with Gasteiger partial charge in [0.25, 0.3) is 0 Å².